The fourth-order valence-corrected chi connectivity index (χ4v) is 10.9. The Hall–Kier alpha value is -2.12. The van der Waals surface area contributed by atoms with Crippen molar-refractivity contribution in [2.24, 2.45) is 51.8 Å². The van der Waals surface area contributed by atoms with Gasteiger partial charge in [0.05, 0.1) is 12.6 Å². The van der Waals surface area contributed by atoms with E-state index in [0.29, 0.717) is 35.8 Å². The molecule has 0 spiro atoms. The first-order chi connectivity index (χ1) is 26.5. The van der Waals surface area contributed by atoms with Crippen molar-refractivity contribution in [1.82, 2.24) is 9.96 Å². The lowest BCUT2D eigenvalue weighted by Crippen LogP contribution is -2.50. The Balaban J connectivity index is 1.22. The zero-order valence-corrected chi connectivity index (χ0v) is 37.8. The van der Waals surface area contributed by atoms with Crippen LogP contribution in [-0.2, 0) is 23.9 Å². The number of esters is 1. The molecule has 7 unspecified atom stereocenters. The van der Waals surface area contributed by atoms with Crippen molar-refractivity contribution in [2.45, 2.75) is 171 Å². The minimum atomic E-state index is -0.573. The minimum absolute atomic E-state index is 0.000569. The van der Waals surface area contributed by atoms with E-state index in [1.165, 1.54) is 69.3 Å². The fraction of sp³-hybridized carbons (Fsp3) is 0.837. The maximum absolute atomic E-state index is 13.0. The van der Waals surface area contributed by atoms with E-state index in [4.69, 9.17) is 14.3 Å². The molecule has 320 valence electrons. The predicted octanol–water partition coefficient (Wildman–Crippen LogP) is 11.7. The SMILES string of the molecule is C=C(C(=O)OC/C=C\C(C)(C)C(C)C)N(CCCCCOC1CCC2(C)C(=CCC3C2CCC2(C)C(CCCCC(C)C)CCC32)C1)OC(=O)CCCN(C)C. The predicted molar refractivity (Wildman–Crippen MR) is 231 cm³/mol. The summed E-state index contributed by atoms with van der Waals surface area (Å²) >= 11 is 0. The lowest BCUT2D eigenvalue weighted by Gasteiger charge is -2.58. The van der Waals surface area contributed by atoms with Crippen LogP contribution in [0.15, 0.2) is 36.1 Å². The molecule has 0 aromatic rings. The summed E-state index contributed by atoms with van der Waals surface area (Å²) in [5.74, 6) is 3.91. The van der Waals surface area contributed by atoms with Crippen LogP contribution in [0.1, 0.15) is 165 Å². The van der Waals surface area contributed by atoms with Crippen molar-refractivity contribution in [3.63, 3.8) is 0 Å². The number of hydroxylamine groups is 2. The van der Waals surface area contributed by atoms with E-state index in [0.717, 1.165) is 74.8 Å². The van der Waals surface area contributed by atoms with Gasteiger partial charge in [0.1, 0.15) is 6.61 Å². The van der Waals surface area contributed by atoms with Gasteiger partial charge >= 0.3 is 11.9 Å². The minimum Gasteiger partial charge on any atom is -0.457 e. The van der Waals surface area contributed by atoms with Gasteiger partial charge < -0.3 is 19.2 Å². The molecule has 0 amide bonds. The van der Waals surface area contributed by atoms with Crippen LogP contribution in [-0.4, -0.2) is 68.4 Å². The van der Waals surface area contributed by atoms with Gasteiger partial charge in [-0.15, -0.1) is 0 Å². The highest BCUT2D eigenvalue weighted by Crippen LogP contribution is 2.66. The second kappa shape index (κ2) is 21.2. The van der Waals surface area contributed by atoms with Gasteiger partial charge in [0.15, 0.2) is 5.70 Å². The van der Waals surface area contributed by atoms with Crippen LogP contribution in [0.25, 0.3) is 0 Å². The van der Waals surface area contributed by atoms with E-state index in [-0.39, 0.29) is 30.1 Å². The lowest BCUT2D eigenvalue weighted by molar-refractivity contribution is -0.185. The second-order valence-corrected chi connectivity index (χ2v) is 20.4. The summed E-state index contributed by atoms with van der Waals surface area (Å²) in [6, 6.07) is 0. The Morgan fingerprint density at radius 1 is 0.946 bits per heavy atom. The summed E-state index contributed by atoms with van der Waals surface area (Å²) in [5, 5.41) is 1.35. The number of hydrogen-bond donors (Lipinski definition) is 0. The molecule has 3 fully saturated rings. The smallest absolute Gasteiger partial charge is 0.357 e. The van der Waals surface area contributed by atoms with Crippen LogP contribution in [0.3, 0.4) is 0 Å². The van der Waals surface area contributed by atoms with Crippen molar-refractivity contribution in [3.05, 3.63) is 36.1 Å². The van der Waals surface area contributed by atoms with Crippen LogP contribution in [0.5, 0.6) is 0 Å². The van der Waals surface area contributed by atoms with Gasteiger partial charge in [0.2, 0.25) is 0 Å². The summed E-state index contributed by atoms with van der Waals surface area (Å²) in [5.41, 5.74) is 2.65. The molecule has 0 saturated heterocycles. The Morgan fingerprint density at radius 3 is 2.43 bits per heavy atom. The molecule has 0 heterocycles. The maximum Gasteiger partial charge on any atom is 0.357 e. The molecule has 0 radical (unpaired) electrons. The van der Waals surface area contributed by atoms with Crippen molar-refractivity contribution in [1.29, 1.82) is 0 Å². The molecule has 0 N–H and O–H groups in total. The third-order valence-corrected chi connectivity index (χ3v) is 15.3. The molecule has 3 saturated carbocycles. The van der Waals surface area contributed by atoms with Crippen molar-refractivity contribution in [2.75, 3.05) is 40.4 Å². The van der Waals surface area contributed by atoms with E-state index in [2.05, 4.69) is 74.1 Å². The third kappa shape index (κ3) is 12.4. The average molecular weight is 781 g/mol. The van der Waals surface area contributed by atoms with Gasteiger partial charge in [-0.05, 0) is 156 Å². The van der Waals surface area contributed by atoms with E-state index in [9.17, 15) is 9.59 Å². The zero-order valence-electron chi connectivity index (χ0n) is 37.8. The lowest BCUT2D eigenvalue weighted by atomic mass is 9.47. The number of ether oxygens (including phenoxy) is 2. The Kier molecular flexibility index (Phi) is 17.7. The summed E-state index contributed by atoms with van der Waals surface area (Å²) in [7, 11) is 3.96. The Bertz CT molecular complexity index is 1330. The number of carbonyl (C=O) groups excluding carboxylic acids is 2. The van der Waals surface area contributed by atoms with Gasteiger partial charge in [-0.2, -0.15) is 5.06 Å². The highest BCUT2D eigenvalue weighted by atomic mass is 16.7. The molecular weight excluding hydrogens is 697 g/mol. The standard InChI is InChI=1S/C49H84N2O5/c1-36(2)19-13-14-20-39-23-25-43-42-24-22-40-35-41(26-29-49(40,9)44(42)27-30-48(39,43)8)54-33-16-12-15-32-51(56-45(52)21-17-31-50(10)11)38(5)46(53)55-34-18-28-47(6,7)37(3)4/h18,22,28,36-37,39,41-44H,5,12-17,19-21,23-27,29-35H2,1-4,6-11H3/b28-18-. The van der Waals surface area contributed by atoms with Crippen molar-refractivity contribution >= 4 is 11.9 Å². The topological polar surface area (TPSA) is 68.3 Å². The molecule has 7 heteroatoms. The van der Waals surface area contributed by atoms with Crippen LogP contribution in [0.4, 0.5) is 0 Å². The molecule has 7 atom stereocenters. The van der Waals surface area contributed by atoms with Gasteiger partial charge in [0, 0.05) is 13.0 Å². The number of hydrogen-bond acceptors (Lipinski definition) is 7. The largest absolute Gasteiger partial charge is 0.457 e. The first-order valence-corrected chi connectivity index (χ1v) is 23.0. The fourth-order valence-electron chi connectivity index (χ4n) is 10.9. The average Bonchev–Trinajstić information content (AvgIpc) is 3.48. The number of allylic oxidation sites excluding steroid dienone is 2. The van der Waals surface area contributed by atoms with E-state index in [1.54, 1.807) is 5.57 Å². The molecule has 4 aliphatic rings. The van der Waals surface area contributed by atoms with Gasteiger partial charge in [-0.1, -0.05) is 105 Å². The second-order valence-electron chi connectivity index (χ2n) is 20.4. The Labute approximate surface area is 343 Å². The molecule has 0 aromatic carbocycles. The third-order valence-electron chi connectivity index (χ3n) is 15.3. The van der Waals surface area contributed by atoms with Crippen molar-refractivity contribution < 1.29 is 23.9 Å². The molecule has 7 nitrogen and oxygen atoms in total. The number of nitrogens with zero attached hydrogens (tertiary/aromatic N) is 2. The first kappa shape index (κ1) is 46.6. The van der Waals surface area contributed by atoms with Crippen LogP contribution < -0.4 is 0 Å². The van der Waals surface area contributed by atoms with Gasteiger partial charge in [-0.3, -0.25) is 0 Å². The molecule has 56 heavy (non-hydrogen) atoms. The highest BCUT2D eigenvalue weighted by Gasteiger charge is 2.58. The van der Waals surface area contributed by atoms with Gasteiger partial charge in [-0.25, -0.2) is 9.59 Å². The van der Waals surface area contributed by atoms with E-state index >= 15 is 0 Å². The summed E-state index contributed by atoms with van der Waals surface area (Å²) in [6.45, 7) is 24.7. The normalized spacial score (nSPS) is 28.9. The summed E-state index contributed by atoms with van der Waals surface area (Å²) in [6.07, 6.45) is 26.7. The van der Waals surface area contributed by atoms with Crippen LogP contribution >= 0.6 is 0 Å². The quantitative estimate of drug-likeness (QED) is 0.0336. The van der Waals surface area contributed by atoms with Crippen LogP contribution in [0, 0.1) is 51.8 Å². The number of rotatable bonds is 23. The molecule has 0 bridgehead atoms. The molecule has 4 rings (SSSR count). The van der Waals surface area contributed by atoms with E-state index in [1.807, 2.05) is 25.1 Å². The number of carbonyl (C=O) groups is 2. The summed E-state index contributed by atoms with van der Waals surface area (Å²) < 4.78 is 12.0. The highest BCUT2D eigenvalue weighted by molar-refractivity contribution is 5.87. The van der Waals surface area contributed by atoms with Gasteiger partial charge in [0.25, 0.3) is 0 Å². The first-order valence-electron chi connectivity index (χ1n) is 23.0. The summed E-state index contributed by atoms with van der Waals surface area (Å²) in [4.78, 5) is 33.4. The Morgan fingerprint density at radius 2 is 1.71 bits per heavy atom. The van der Waals surface area contributed by atoms with Crippen molar-refractivity contribution in [3.8, 4) is 0 Å². The molecule has 0 aliphatic heterocycles. The zero-order chi connectivity index (χ0) is 41.1. The maximum atomic E-state index is 13.0. The molecule has 0 aromatic heterocycles. The van der Waals surface area contributed by atoms with E-state index < -0.39 is 5.97 Å². The number of fused-ring (bicyclic) bond motifs is 5. The molecule has 4 aliphatic carbocycles. The molecular formula is C49H84N2O5. The monoisotopic (exact) mass is 781 g/mol. The number of unbranched alkanes of at least 4 members (excludes halogenated alkanes) is 3. The van der Waals surface area contributed by atoms with Crippen LogP contribution in [0.2, 0.25) is 0 Å².